The average Bonchev–Trinajstić information content (AvgIpc) is 2.75. The fourth-order valence-electron chi connectivity index (χ4n) is 2.47. The normalized spacial score (nSPS) is 47.3. The van der Waals surface area contributed by atoms with Crippen LogP contribution in [-0.4, -0.2) is 42.8 Å². The van der Waals surface area contributed by atoms with Gasteiger partial charge in [-0.25, -0.2) is 0 Å². The van der Waals surface area contributed by atoms with Crippen LogP contribution in [0.5, 0.6) is 0 Å². The van der Waals surface area contributed by atoms with Crippen molar-refractivity contribution < 1.29 is 23.7 Å². The van der Waals surface area contributed by atoms with Crippen LogP contribution in [-0.2, 0) is 23.7 Å². The zero-order valence-electron chi connectivity index (χ0n) is 10.6. The molecule has 1 radical (unpaired) electrons. The molecule has 3 saturated heterocycles. The molecule has 0 aromatic heterocycles. The largest absolute Gasteiger partial charge is 0.348 e. The lowest BCUT2D eigenvalue weighted by Gasteiger charge is -2.23. The molecule has 17 heavy (non-hydrogen) atoms. The minimum absolute atomic E-state index is 0.0779. The summed E-state index contributed by atoms with van der Waals surface area (Å²) in [7, 11) is 0. The number of fused-ring (bicyclic) bond motifs is 1. The van der Waals surface area contributed by atoms with E-state index in [1.54, 1.807) is 0 Å². The number of hydrogen-bond donors (Lipinski definition) is 0. The van der Waals surface area contributed by atoms with Gasteiger partial charge in [-0.2, -0.15) is 0 Å². The molecule has 3 heterocycles. The summed E-state index contributed by atoms with van der Waals surface area (Å²) in [6.45, 7) is 8.11. The van der Waals surface area contributed by atoms with Crippen molar-refractivity contribution in [2.24, 2.45) is 0 Å². The molecule has 0 spiro atoms. The van der Waals surface area contributed by atoms with Crippen LogP contribution in [0.2, 0.25) is 0 Å². The van der Waals surface area contributed by atoms with Gasteiger partial charge in [-0.15, -0.1) is 0 Å². The molecule has 0 N–H and O–H groups in total. The maximum absolute atomic E-state index is 5.79. The molecule has 0 aromatic rings. The van der Waals surface area contributed by atoms with E-state index in [1.165, 1.54) is 0 Å². The summed E-state index contributed by atoms with van der Waals surface area (Å²) in [5.74, 6) is -1.09. The first-order valence-electron chi connectivity index (χ1n) is 6.03. The Morgan fingerprint density at radius 2 is 1.71 bits per heavy atom. The van der Waals surface area contributed by atoms with Crippen LogP contribution in [0.25, 0.3) is 0 Å². The molecule has 3 rings (SSSR count). The molecule has 5 heteroatoms. The molecule has 4 atom stereocenters. The molecule has 0 aliphatic carbocycles. The van der Waals surface area contributed by atoms with E-state index in [-0.39, 0.29) is 24.6 Å². The highest BCUT2D eigenvalue weighted by molar-refractivity contribution is 5.03. The smallest absolute Gasteiger partial charge is 0.187 e. The molecular weight excluding hydrogens is 224 g/mol. The maximum atomic E-state index is 5.79. The van der Waals surface area contributed by atoms with Crippen molar-refractivity contribution in [2.45, 2.75) is 63.9 Å². The van der Waals surface area contributed by atoms with Crippen LogP contribution >= 0.6 is 0 Å². The topological polar surface area (TPSA) is 46.2 Å². The molecule has 3 aliphatic heterocycles. The first-order valence-corrected chi connectivity index (χ1v) is 6.03. The van der Waals surface area contributed by atoms with Crippen LogP contribution < -0.4 is 0 Å². The van der Waals surface area contributed by atoms with Crippen molar-refractivity contribution in [1.82, 2.24) is 0 Å². The van der Waals surface area contributed by atoms with E-state index < -0.39 is 11.6 Å². The summed E-state index contributed by atoms with van der Waals surface area (Å²) >= 11 is 0. The Bertz CT molecular complexity index is 298. The molecule has 0 unspecified atom stereocenters. The molecule has 3 fully saturated rings. The minimum Gasteiger partial charge on any atom is -0.348 e. The van der Waals surface area contributed by atoms with E-state index in [9.17, 15) is 0 Å². The summed E-state index contributed by atoms with van der Waals surface area (Å²) < 4.78 is 28.4. The van der Waals surface area contributed by atoms with Gasteiger partial charge in [0.1, 0.15) is 12.2 Å². The van der Waals surface area contributed by atoms with Gasteiger partial charge >= 0.3 is 0 Å². The van der Waals surface area contributed by atoms with Gasteiger partial charge in [-0.1, -0.05) is 0 Å². The van der Waals surface area contributed by atoms with Crippen LogP contribution in [0.1, 0.15) is 27.7 Å². The summed E-state index contributed by atoms with van der Waals surface area (Å²) in [6.07, 6.45) is 1.38. The number of rotatable bonds is 1. The Balaban J connectivity index is 1.60. The predicted molar refractivity (Wildman–Crippen MR) is 57.9 cm³/mol. The van der Waals surface area contributed by atoms with Gasteiger partial charge in [0.15, 0.2) is 17.9 Å². The lowest BCUT2D eigenvalue weighted by Crippen LogP contribution is -2.33. The van der Waals surface area contributed by atoms with E-state index in [0.717, 1.165) is 0 Å². The lowest BCUT2D eigenvalue weighted by atomic mass is 10.1. The molecular formula is C12H19O5. The van der Waals surface area contributed by atoms with Crippen molar-refractivity contribution >= 4 is 0 Å². The molecule has 5 nitrogen and oxygen atoms in total. The Labute approximate surface area is 101 Å². The van der Waals surface area contributed by atoms with Gasteiger partial charge in [-0.3, -0.25) is 0 Å². The van der Waals surface area contributed by atoms with Crippen LogP contribution in [0.15, 0.2) is 0 Å². The second kappa shape index (κ2) is 3.65. The van der Waals surface area contributed by atoms with Crippen LogP contribution in [0.3, 0.4) is 0 Å². The second-order valence-electron chi connectivity index (χ2n) is 5.63. The molecule has 0 saturated carbocycles. The zero-order valence-corrected chi connectivity index (χ0v) is 10.6. The number of ether oxygens (including phenoxy) is 5. The third-order valence-corrected chi connectivity index (χ3v) is 3.16. The van der Waals surface area contributed by atoms with Gasteiger partial charge in [0.25, 0.3) is 0 Å². The van der Waals surface area contributed by atoms with Crippen molar-refractivity contribution in [3.8, 4) is 0 Å². The maximum Gasteiger partial charge on any atom is 0.187 e. The quantitative estimate of drug-likeness (QED) is 0.693. The van der Waals surface area contributed by atoms with Gasteiger partial charge < -0.3 is 23.7 Å². The molecule has 0 bridgehead atoms. The van der Waals surface area contributed by atoms with E-state index in [0.29, 0.717) is 6.61 Å². The van der Waals surface area contributed by atoms with Gasteiger partial charge in [0, 0.05) is 6.42 Å². The zero-order chi connectivity index (χ0) is 12.3. The minimum atomic E-state index is -0.566. The fourth-order valence-corrected chi connectivity index (χ4v) is 2.47. The Hall–Kier alpha value is -0.200. The van der Waals surface area contributed by atoms with Gasteiger partial charge in [0.05, 0.1) is 12.7 Å². The number of hydrogen-bond acceptors (Lipinski definition) is 5. The standard InChI is InChI=1S/C12H19O5/c1-11(2)13-6-9(16-11)7-5-8-10(14-7)17-12(3,4)15-8/h5,7-10H,6H2,1-4H3/t7-,8-,9-,10-/m0/s1. The molecule has 0 aromatic carbocycles. The molecule has 97 valence electrons. The highest BCUT2D eigenvalue weighted by atomic mass is 16.8. The van der Waals surface area contributed by atoms with E-state index in [1.807, 2.05) is 34.1 Å². The SMILES string of the molecule is CC1(C)O[C@@H]2O[C@H]([C@@H]3COC(C)(C)O3)[CH][C@@H]2O1. The Morgan fingerprint density at radius 1 is 0.941 bits per heavy atom. The third-order valence-electron chi connectivity index (χ3n) is 3.16. The Kier molecular flexibility index (Phi) is 2.55. The summed E-state index contributed by atoms with van der Waals surface area (Å²) in [4.78, 5) is 0. The lowest BCUT2D eigenvalue weighted by molar-refractivity contribution is -0.215. The first-order chi connectivity index (χ1) is 7.85. The van der Waals surface area contributed by atoms with Crippen LogP contribution in [0, 0.1) is 6.42 Å². The monoisotopic (exact) mass is 243 g/mol. The molecule has 3 aliphatic rings. The average molecular weight is 243 g/mol. The fraction of sp³-hybridized carbons (Fsp3) is 0.917. The van der Waals surface area contributed by atoms with Crippen molar-refractivity contribution in [1.29, 1.82) is 0 Å². The predicted octanol–water partition coefficient (Wildman–Crippen LogP) is 1.22. The highest BCUT2D eigenvalue weighted by Crippen LogP contribution is 2.39. The van der Waals surface area contributed by atoms with Crippen molar-refractivity contribution in [3.05, 3.63) is 6.42 Å². The summed E-state index contributed by atoms with van der Waals surface area (Å²) in [5.41, 5.74) is 0. The van der Waals surface area contributed by atoms with E-state index >= 15 is 0 Å². The highest BCUT2D eigenvalue weighted by Gasteiger charge is 2.52. The summed E-state index contributed by atoms with van der Waals surface area (Å²) in [6, 6.07) is 0. The summed E-state index contributed by atoms with van der Waals surface area (Å²) in [5, 5.41) is 0. The van der Waals surface area contributed by atoms with Gasteiger partial charge in [0.2, 0.25) is 0 Å². The van der Waals surface area contributed by atoms with E-state index in [2.05, 4.69) is 0 Å². The van der Waals surface area contributed by atoms with Gasteiger partial charge in [-0.05, 0) is 27.7 Å². The molecule has 0 amide bonds. The van der Waals surface area contributed by atoms with Crippen molar-refractivity contribution in [3.63, 3.8) is 0 Å². The van der Waals surface area contributed by atoms with Crippen LogP contribution in [0.4, 0.5) is 0 Å². The van der Waals surface area contributed by atoms with E-state index in [4.69, 9.17) is 23.7 Å². The first kappa shape index (κ1) is 11.9. The third kappa shape index (κ3) is 2.22. The second-order valence-corrected chi connectivity index (χ2v) is 5.63. The van der Waals surface area contributed by atoms with Crippen molar-refractivity contribution in [2.75, 3.05) is 6.61 Å². The Morgan fingerprint density at radius 3 is 2.29 bits per heavy atom.